The van der Waals surface area contributed by atoms with E-state index in [-0.39, 0.29) is 5.91 Å². The van der Waals surface area contributed by atoms with Gasteiger partial charge in [-0.2, -0.15) is 0 Å². The van der Waals surface area contributed by atoms with Crippen LogP contribution in [-0.2, 0) is 17.8 Å². The van der Waals surface area contributed by atoms with Gasteiger partial charge in [0.25, 0.3) is 0 Å². The molecule has 1 aromatic heterocycles. The van der Waals surface area contributed by atoms with Crippen molar-refractivity contribution < 1.29 is 4.79 Å². The van der Waals surface area contributed by atoms with Crippen LogP contribution in [0.5, 0.6) is 0 Å². The van der Waals surface area contributed by atoms with Gasteiger partial charge in [-0.25, -0.2) is 4.98 Å². The summed E-state index contributed by atoms with van der Waals surface area (Å²) in [6.07, 6.45) is 1.55. The number of imidazole rings is 1. The van der Waals surface area contributed by atoms with Crippen molar-refractivity contribution in [3.05, 3.63) is 76.0 Å². The first-order valence-corrected chi connectivity index (χ1v) is 9.53. The summed E-state index contributed by atoms with van der Waals surface area (Å²) in [5.74, 6) is 0.867. The second kappa shape index (κ2) is 8.59. The Morgan fingerprint density at radius 3 is 2.70 bits per heavy atom. The van der Waals surface area contributed by atoms with Gasteiger partial charge in [0.15, 0.2) is 0 Å². The van der Waals surface area contributed by atoms with Crippen molar-refractivity contribution in [3.8, 4) is 0 Å². The van der Waals surface area contributed by atoms with E-state index in [2.05, 4.69) is 22.5 Å². The number of carbonyl (C=O) groups is 1. The molecule has 27 heavy (non-hydrogen) atoms. The molecule has 0 fully saturated rings. The van der Waals surface area contributed by atoms with Gasteiger partial charge in [0, 0.05) is 25.1 Å². The number of hydrogen-bond donors (Lipinski definition) is 1. The van der Waals surface area contributed by atoms with Crippen LogP contribution in [0.25, 0.3) is 11.0 Å². The van der Waals surface area contributed by atoms with Gasteiger partial charge < -0.3 is 9.88 Å². The van der Waals surface area contributed by atoms with Crippen molar-refractivity contribution >= 4 is 40.1 Å². The number of rotatable bonds is 7. The van der Waals surface area contributed by atoms with Crippen LogP contribution in [-0.4, -0.2) is 22.0 Å². The van der Waals surface area contributed by atoms with E-state index in [0.29, 0.717) is 28.7 Å². The molecular weight excluding hydrogens is 381 g/mol. The normalized spacial score (nSPS) is 10.9. The predicted molar refractivity (Wildman–Crippen MR) is 111 cm³/mol. The second-order valence-corrected chi connectivity index (χ2v) is 7.31. The highest BCUT2D eigenvalue weighted by molar-refractivity contribution is 6.42. The summed E-state index contributed by atoms with van der Waals surface area (Å²) in [7, 11) is 0. The molecule has 0 aliphatic carbocycles. The molecule has 0 saturated carbocycles. The topological polar surface area (TPSA) is 46.9 Å². The van der Waals surface area contributed by atoms with Crippen LogP contribution >= 0.6 is 23.2 Å². The SMILES string of the molecule is C=C(C)C(=O)NCCCc1nc2ccccc2n1Cc1ccc(Cl)c(Cl)c1. The van der Waals surface area contributed by atoms with E-state index in [1.165, 1.54) is 0 Å². The van der Waals surface area contributed by atoms with Crippen LogP contribution in [0, 0.1) is 0 Å². The minimum absolute atomic E-state index is 0.112. The fourth-order valence-electron chi connectivity index (χ4n) is 2.91. The summed E-state index contributed by atoms with van der Waals surface area (Å²) >= 11 is 12.2. The quantitative estimate of drug-likeness (QED) is 0.446. The summed E-state index contributed by atoms with van der Waals surface area (Å²) in [6.45, 7) is 6.59. The third kappa shape index (κ3) is 4.71. The maximum atomic E-state index is 11.6. The minimum atomic E-state index is -0.112. The highest BCUT2D eigenvalue weighted by Gasteiger charge is 2.12. The molecule has 0 atom stereocenters. The number of fused-ring (bicyclic) bond motifs is 1. The minimum Gasteiger partial charge on any atom is -0.352 e. The monoisotopic (exact) mass is 401 g/mol. The third-order valence-electron chi connectivity index (χ3n) is 4.31. The number of para-hydroxylation sites is 2. The molecule has 2 aromatic carbocycles. The van der Waals surface area contributed by atoms with Crippen molar-refractivity contribution in [2.45, 2.75) is 26.3 Å². The summed E-state index contributed by atoms with van der Waals surface area (Å²) < 4.78 is 2.19. The summed E-state index contributed by atoms with van der Waals surface area (Å²) in [4.78, 5) is 16.4. The van der Waals surface area contributed by atoms with E-state index in [0.717, 1.165) is 35.3 Å². The lowest BCUT2D eigenvalue weighted by atomic mass is 10.2. The first kappa shape index (κ1) is 19.5. The first-order valence-electron chi connectivity index (χ1n) is 8.77. The Kier molecular flexibility index (Phi) is 6.19. The number of hydrogen-bond acceptors (Lipinski definition) is 2. The van der Waals surface area contributed by atoms with E-state index in [1.807, 2.05) is 36.4 Å². The van der Waals surface area contributed by atoms with Gasteiger partial charge in [0.05, 0.1) is 21.1 Å². The number of aromatic nitrogens is 2. The second-order valence-electron chi connectivity index (χ2n) is 6.49. The summed E-state index contributed by atoms with van der Waals surface area (Å²) in [6, 6.07) is 13.7. The number of amides is 1. The van der Waals surface area contributed by atoms with Crippen molar-refractivity contribution in [2.75, 3.05) is 6.54 Å². The van der Waals surface area contributed by atoms with Gasteiger partial charge in [0.1, 0.15) is 5.82 Å². The average molecular weight is 402 g/mol. The molecule has 1 heterocycles. The summed E-state index contributed by atoms with van der Waals surface area (Å²) in [5.41, 5.74) is 3.61. The van der Waals surface area contributed by atoms with Crippen molar-refractivity contribution in [2.24, 2.45) is 0 Å². The Bertz CT molecular complexity index is 994. The van der Waals surface area contributed by atoms with E-state index in [9.17, 15) is 4.79 Å². The highest BCUT2D eigenvalue weighted by atomic mass is 35.5. The van der Waals surface area contributed by atoms with Gasteiger partial charge in [-0.05, 0) is 43.2 Å². The van der Waals surface area contributed by atoms with Gasteiger partial charge in [-0.1, -0.05) is 48.0 Å². The van der Waals surface area contributed by atoms with Gasteiger partial charge in [-0.3, -0.25) is 4.79 Å². The lowest BCUT2D eigenvalue weighted by Crippen LogP contribution is -2.25. The molecule has 0 bridgehead atoms. The van der Waals surface area contributed by atoms with Gasteiger partial charge >= 0.3 is 0 Å². The number of halogens is 2. The van der Waals surface area contributed by atoms with Crippen molar-refractivity contribution in [3.63, 3.8) is 0 Å². The Morgan fingerprint density at radius 1 is 1.19 bits per heavy atom. The lowest BCUT2D eigenvalue weighted by Gasteiger charge is -2.11. The number of aryl methyl sites for hydroxylation is 1. The number of benzene rings is 2. The molecule has 0 aliphatic rings. The van der Waals surface area contributed by atoms with E-state index in [1.54, 1.807) is 6.92 Å². The Labute approximate surface area is 168 Å². The summed E-state index contributed by atoms with van der Waals surface area (Å²) in [5, 5.41) is 3.95. The van der Waals surface area contributed by atoms with Crippen molar-refractivity contribution in [1.82, 2.24) is 14.9 Å². The zero-order valence-electron chi connectivity index (χ0n) is 15.1. The molecule has 0 spiro atoms. The molecule has 6 heteroatoms. The van der Waals surface area contributed by atoms with E-state index in [4.69, 9.17) is 28.2 Å². The smallest absolute Gasteiger partial charge is 0.246 e. The molecule has 3 aromatic rings. The van der Waals surface area contributed by atoms with Crippen LogP contribution in [0.15, 0.2) is 54.6 Å². The molecule has 0 saturated heterocycles. The van der Waals surface area contributed by atoms with Crippen LogP contribution < -0.4 is 5.32 Å². The molecule has 0 aliphatic heterocycles. The molecule has 1 amide bonds. The molecule has 4 nitrogen and oxygen atoms in total. The fraction of sp³-hybridized carbons (Fsp3) is 0.238. The molecule has 140 valence electrons. The standard InChI is InChI=1S/C21H21Cl2N3O/c1-14(2)21(27)24-11-5-8-20-25-18-6-3-4-7-19(18)26(20)13-15-9-10-16(22)17(23)12-15/h3-4,6-7,9-10,12H,1,5,8,11,13H2,2H3,(H,24,27). The molecule has 0 unspecified atom stereocenters. The number of carbonyl (C=O) groups excluding carboxylic acids is 1. The van der Waals surface area contributed by atoms with Crippen molar-refractivity contribution in [1.29, 1.82) is 0 Å². The van der Waals surface area contributed by atoms with Crippen LogP contribution in [0.3, 0.4) is 0 Å². The Hall–Kier alpha value is -2.30. The number of nitrogens with zero attached hydrogens (tertiary/aromatic N) is 2. The lowest BCUT2D eigenvalue weighted by molar-refractivity contribution is -0.117. The van der Waals surface area contributed by atoms with Crippen LogP contribution in [0.1, 0.15) is 24.7 Å². The largest absolute Gasteiger partial charge is 0.352 e. The Balaban J connectivity index is 1.80. The van der Waals surface area contributed by atoms with Crippen LogP contribution in [0.4, 0.5) is 0 Å². The third-order valence-corrected chi connectivity index (χ3v) is 5.05. The molecule has 0 radical (unpaired) electrons. The Morgan fingerprint density at radius 2 is 1.96 bits per heavy atom. The zero-order chi connectivity index (χ0) is 19.4. The average Bonchev–Trinajstić information content (AvgIpc) is 2.99. The van der Waals surface area contributed by atoms with E-state index < -0.39 is 0 Å². The maximum Gasteiger partial charge on any atom is 0.246 e. The van der Waals surface area contributed by atoms with Gasteiger partial charge in [-0.15, -0.1) is 0 Å². The fourth-order valence-corrected chi connectivity index (χ4v) is 3.23. The highest BCUT2D eigenvalue weighted by Crippen LogP contribution is 2.25. The van der Waals surface area contributed by atoms with Crippen LogP contribution in [0.2, 0.25) is 10.0 Å². The zero-order valence-corrected chi connectivity index (χ0v) is 16.6. The maximum absolute atomic E-state index is 11.6. The molecule has 1 N–H and O–H groups in total. The molecule has 3 rings (SSSR count). The molecular formula is C21H21Cl2N3O. The predicted octanol–water partition coefficient (Wildman–Crippen LogP) is 5.02. The van der Waals surface area contributed by atoms with E-state index >= 15 is 0 Å². The first-order chi connectivity index (χ1) is 13.0. The van der Waals surface area contributed by atoms with Gasteiger partial charge in [0.2, 0.25) is 5.91 Å². The number of nitrogens with one attached hydrogen (secondary N) is 1.